The zero-order chi connectivity index (χ0) is 43.6. The van der Waals surface area contributed by atoms with Crippen molar-refractivity contribution in [2.45, 2.75) is 52.4 Å². The van der Waals surface area contributed by atoms with Gasteiger partial charge in [-0.2, -0.15) is 6.07 Å². The van der Waals surface area contributed by atoms with E-state index in [1.165, 1.54) is 23.3 Å². The zero-order valence-electron chi connectivity index (χ0n) is 36.4. The van der Waals surface area contributed by atoms with Crippen LogP contribution in [0.5, 0.6) is 11.5 Å². The summed E-state index contributed by atoms with van der Waals surface area (Å²) in [5.74, 6) is 0.587. The Labute approximate surface area is 387 Å². The third kappa shape index (κ3) is 7.99. The molecule has 0 spiro atoms. The quantitative estimate of drug-likeness (QED) is 0.149. The van der Waals surface area contributed by atoms with Crippen LogP contribution in [0, 0.1) is 30.4 Å². The Morgan fingerprint density at radius 3 is 1.92 bits per heavy atom. The number of anilines is 4. The van der Waals surface area contributed by atoms with Crippen LogP contribution in [0.1, 0.15) is 52.7 Å². The molecule has 64 heavy (non-hydrogen) atoms. The topological polar surface area (TPSA) is 33.5 Å². The first-order chi connectivity index (χ1) is 30.3. The number of hydrogen-bond acceptors (Lipinski definition) is 4. The van der Waals surface area contributed by atoms with Crippen LogP contribution in [0.15, 0.2) is 158 Å². The van der Waals surface area contributed by atoms with Gasteiger partial charge in [-0.25, -0.2) is 13.8 Å². The fourth-order valence-electron chi connectivity index (χ4n) is 8.47. The normalized spacial score (nSPS) is 12.8. The Hall–Kier alpha value is -6.56. The standard InChI is InChI=1S/C56H45F2N4O.Pt/c1-55(2,3)39-21-19-36(20-22-39)37-29-43(60-35-61(52-18-12-11-17-51(52)60)49-15-9-7-13-46(49)38-27-41(57)32-42(58)28-38)33-45(30-37)63-44-23-24-48-47-14-8-10-16-50(47)62(53(48)34-44)54-31-40(25-26-59-54)56(4,5)6;/h7-32,35H,1-6H3;/q-3;. The smallest absolute Gasteiger partial charge is 0.135 e. The second-order valence-corrected chi connectivity index (χ2v) is 18.2. The molecule has 8 heteroatoms. The molecule has 0 aliphatic carbocycles. The molecule has 0 saturated heterocycles. The van der Waals surface area contributed by atoms with Gasteiger partial charge in [-0.05, 0) is 87.0 Å². The summed E-state index contributed by atoms with van der Waals surface area (Å²) < 4.78 is 38.1. The molecule has 1 aliphatic rings. The van der Waals surface area contributed by atoms with Crippen LogP contribution in [0.3, 0.4) is 0 Å². The number of ether oxygens (including phenoxy) is 1. The van der Waals surface area contributed by atoms with Crippen LogP contribution in [0.4, 0.5) is 31.5 Å². The Balaban J connectivity index is 0.00000518. The first kappa shape index (κ1) is 42.7. The molecule has 0 bridgehead atoms. The molecule has 3 heterocycles. The second-order valence-electron chi connectivity index (χ2n) is 18.2. The summed E-state index contributed by atoms with van der Waals surface area (Å²) >= 11 is 0. The number of benzene rings is 7. The van der Waals surface area contributed by atoms with Crippen LogP contribution < -0.4 is 14.5 Å². The first-order valence-corrected chi connectivity index (χ1v) is 21.1. The molecule has 7 aromatic carbocycles. The third-order valence-electron chi connectivity index (χ3n) is 11.8. The molecule has 10 rings (SSSR count). The van der Waals surface area contributed by atoms with E-state index in [0.29, 0.717) is 22.6 Å². The van der Waals surface area contributed by atoms with Gasteiger partial charge in [-0.3, -0.25) is 0 Å². The Bertz CT molecular complexity index is 3180. The number of aromatic nitrogens is 2. The van der Waals surface area contributed by atoms with Crippen LogP contribution in [-0.4, -0.2) is 9.55 Å². The van der Waals surface area contributed by atoms with Gasteiger partial charge in [-0.1, -0.05) is 120 Å². The van der Waals surface area contributed by atoms with Crippen molar-refractivity contribution in [3.63, 3.8) is 0 Å². The van der Waals surface area contributed by atoms with Crippen LogP contribution in [0.25, 0.3) is 49.9 Å². The monoisotopic (exact) mass is 1020 g/mol. The van der Waals surface area contributed by atoms with Gasteiger partial charge in [0.2, 0.25) is 0 Å². The fourth-order valence-corrected chi connectivity index (χ4v) is 8.47. The minimum Gasteiger partial charge on any atom is -0.509 e. The van der Waals surface area contributed by atoms with Gasteiger partial charge in [0, 0.05) is 73.0 Å². The summed E-state index contributed by atoms with van der Waals surface area (Å²) in [6.45, 7) is 15.2. The molecule has 9 aromatic rings. The van der Waals surface area contributed by atoms with E-state index in [2.05, 4.69) is 141 Å². The molecule has 0 N–H and O–H groups in total. The molecule has 1 aliphatic heterocycles. The Morgan fingerprint density at radius 1 is 0.547 bits per heavy atom. The minimum atomic E-state index is -0.633. The summed E-state index contributed by atoms with van der Waals surface area (Å²) in [5, 5.41) is 2.15. The van der Waals surface area contributed by atoms with Crippen molar-refractivity contribution in [2.24, 2.45) is 0 Å². The van der Waals surface area contributed by atoms with E-state index in [1.54, 1.807) is 0 Å². The van der Waals surface area contributed by atoms with E-state index in [1.807, 2.05) is 73.5 Å². The average molecular weight is 1020 g/mol. The van der Waals surface area contributed by atoms with Gasteiger partial charge in [0.15, 0.2) is 0 Å². The maximum atomic E-state index is 14.6. The van der Waals surface area contributed by atoms with Crippen molar-refractivity contribution in [3.8, 4) is 39.6 Å². The largest absolute Gasteiger partial charge is 0.509 e. The van der Waals surface area contributed by atoms with Crippen LogP contribution in [-0.2, 0) is 31.9 Å². The van der Waals surface area contributed by atoms with Gasteiger partial charge in [0.05, 0.1) is 0 Å². The number of rotatable bonds is 7. The van der Waals surface area contributed by atoms with E-state index in [9.17, 15) is 8.78 Å². The zero-order valence-corrected chi connectivity index (χ0v) is 38.6. The maximum absolute atomic E-state index is 14.6. The van der Waals surface area contributed by atoms with Gasteiger partial charge in [-0.15, -0.1) is 53.6 Å². The number of hydrogen-bond donors (Lipinski definition) is 0. The Kier molecular flexibility index (Phi) is 11.0. The van der Waals surface area contributed by atoms with Crippen LogP contribution in [0.2, 0.25) is 0 Å². The molecule has 0 atom stereocenters. The van der Waals surface area contributed by atoms with E-state index in [-0.39, 0.29) is 31.9 Å². The number of para-hydroxylation sites is 4. The number of fused-ring (bicyclic) bond motifs is 4. The summed E-state index contributed by atoms with van der Waals surface area (Å²) in [5.41, 5.74) is 10.7. The molecule has 0 fully saturated rings. The van der Waals surface area contributed by atoms with Crippen molar-refractivity contribution in [3.05, 3.63) is 199 Å². The number of pyridine rings is 1. The molecule has 0 unspecified atom stereocenters. The van der Waals surface area contributed by atoms with E-state index in [0.717, 1.165) is 67.6 Å². The van der Waals surface area contributed by atoms with Crippen molar-refractivity contribution >= 4 is 44.6 Å². The average Bonchev–Trinajstić information content (AvgIpc) is 3.82. The van der Waals surface area contributed by atoms with Crippen molar-refractivity contribution in [1.29, 1.82) is 0 Å². The Morgan fingerprint density at radius 2 is 1.20 bits per heavy atom. The summed E-state index contributed by atoms with van der Waals surface area (Å²) in [6.07, 6.45) is 1.88. The van der Waals surface area contributed by atoms with E-state index >= 15 is 0 Å². The van der Waals surface area contributed by atoms with Crippen molar-refractivity contribution in [2.75, 3.05) is 9.80 Å². The molecule has 0 radical (unpaired) electrons. The molecular formula is C56H45F2N4OPt-3. The van der Waals surface area contributed by atoms with Gasteiger partial charge >= 0.3 is 0 Å². The molecule has 0 saturated carbocycles. The summed E-state index contributed by atoms with van der Waals surface area (Å²) in [4.78, 5) is 8.99. The molecular weight excluding hydrogens is 978 g/mol. The number of halogens is 2. The first-order valence-electron chi connectivity index (χ1n) is 21.1. The van der Waals surface area contributed by atoms with Crippen molar-refractivity contribution < 1.29 is 34.6 Å². The predicted octanol–water partition coefficient (Wildman–Crippen LogP) is 15.2. The molecule has 0 amide bonds. The second kappa shape index (κ2) is 16.5. The SMILES string of the molecule is CC(C)(C)c1ccc(-c2cc(Oc3[c-]c4c(cc3)c3ccccc3n4-c3cc(C(C)(C)C)ccn3)[c-]c(N3[CH-]N(c4ccccc4-c4cc(F)cc(F)c4)c4ccccc43)c2)cc1.[Pt]. The predicted molar refractivity (Wildman–Crippen MR) is 252 cm³/mol. The van der Waals surface area contributed by atoms with E-state index in [4.69, 9.17) is 9.72 Å². The fraction of sp³-hybridized carbons (Fsp3) is 0.143. The van der Waals surface area contributed by atoms with E-state index < -0.39 is 11.6 Å². The van der Waals surface area contributed by atoms with Gasteiger partial charge in [0.1, 0.15) is 17.5 Å². The molecule has 5 nitrogen and oxygen atoms in total. The van der Waals surface area contributed by atoms with Gasteiger partial charge < -0.3 is 19.1 Å². The maximum Gasteiger partial charge on any atom is 0.135 e. The molecule has 322 valence electrons. The summed E-state index contributed by atoms with van der Waals surface area (Å²) in [7, 11) is 0. The number of nitrogens with zero attached hydrogens (tertiary/aromatic N) is 4. The minimum absolute atomic E-state index is 0. The summed E-state index contributed by atoms with van der Waals surface area (Å²) in [6, 6.07) is 56.0. The third-order valence-corrected chi connectivity index (χ3v) is 11.8. The molecule has 2 aromatic heterocycles. The van der Waals surface area contributed by atoms with Crippen LogP contribution >= 0.6 is 0 Å². The van der Waals surface area contributed by atoms with Crippen molar-refractivity contribution in [1.82, 2.24) is 9.55 Å². The van der Waals surface area contributed by atoms with Gasteiger partial charge in [0.25, 0.3) is 0 Å².